The molecule has 3 unspecified atom stereocenters. The molecule has 0 aromatic carbocycles. The Hall–Kier alpha value is -0.900. The zero-order valence-corrected chi connectivity index (χ0v) is 15.3. The van der Waals surface area contributed by atoms with Gasteiger partial charge in [0.15, 0.2) is 0 Å². The first-order valence-electron chi connectivity index (χ1n) is 8.44. The molecule has 0 saturated heterocycles. The monoisotopic (exact) mass is 322 g/mol. The molecule has 0 amide bonds. The van der Waals surface area contributed by atoms with Gasteiger partial charge in [-0.25, -0.2) is 0 Å². The number of rotatable bonds is 6. The molecule has 23 heavy (non-hydrogen) atoms. The molecular weight excluding hydrogens is 288 g/mol. The van der Waals surface area contributed by atoms with Crippen molar-refractivity contribution in [1.29, 1.82) is 0 Å². The zero-order chi connectivity index (χ0) is 18.1. The molecular formula is C20H34O3. The van der Waals surface area contributed by atoms with Gasteiger partial charge in [0.05, 0.1) is 11.2 Å². The second-order valence-corrected chi connectivity index (χ2v) is 8.26. The first-order valence-corrected chi connectivity index (χ1v) is 8.44. The molecule has 0 aromatic rings. The Morgan fingerprint density at radius 3 is 2.30 bits per heavy atom. The van der Waals surface area contributed by atoms with Crippen molar-refractivity contribution in [2.24, 2.45) is 17.3 Å². The van der Waals surface area contributed by atoms with E-state index in [0.717, 1.165) is 24.8 Å². The van der Waals surface area contributed by atoms with Crippen molar-refractivity contribution in [3.8, 4) is 0 Å². The molecule has 132 valence electrons. The van der Waals surface area contributed by atoms with Gasteiger partial charge in [-0.3, -0.25) is 0 Å². The van der Waals surface area contributed by atoms with Gasteiger partial charge in [0.1, 0.15) is 6.10 Å². The van der Waals surface area contributed by atoms with Crippen LogP contribution in [-0.4, -0.2) is 32.6 Å². The van der Waals surface area contributed by atoms with E-state index in [1.54, 1.807) is 26.8 Å². The van der Waals surface area contributed by atoms with E-state index in [1.165, 1.54) is 6.08 Å². The van der Waals surface area contributed by atoms with Crippen LogP contribution in [0.25, 0.3) is 0 Å². The lowest BCUT2D eigenvalue weighted by molar-refractivity contribution is -0.0268. The number of allylic oxidation sites excluding steroid dienone is 2. The molecule has 1 aliphatic rings. The third-order valence-electron chi connectivity index (χ3n) is 5.58. The highest BCUT2D eigenvalue weighted by Crippen LogP contribution is 2.49. The van der Waals surface area contributed by atoms with E-state index < -0.39 is 17.3 Å². The lowest BCUT2D eigenvalue weighted by Gasteiger charge is -2.46. The van der Waals surface area contributed by atoms with Gasteiger partial charge < -0.3 is 15.3 Å². The summed E-state index contributed by atoms with van der Waals surface area (Å²) in [6, 6.07) is 0. The minimum absolute atomic E-state index is 0.0226. The van der Waals surface area contributed by atoms with Crippen LogP contribution >= 0.6 is 0 Å². The van der Waals surface area contributed by atoms with E-state index >= 15 is 0 Å². The zero-order valence-electron chi connectivity index (χ0n) is 15.3. The molecule has 3 nitrogen and oxygen atoms in total. The Balaban J connectivity index is 2.92. The summed E-state index contributed by atoms with van der Waals surface area (Å²) in [6.45, 7) is 17.2. The molecule has 1 fully saturated rings. The van der Waals surface area contributed by atoms with Crippen LogP contribution in [0.15, 0.2) is 37.0 Å². The normalized spacial score (nSPS) is 33.2. The van der Waals surface area contributed by atoms with Gasteiger partial charge in [-0.05, 0) is 64.2 Å². The minimum Gasteiger partial charge on any atom is -0.387 e. The maximum absolute atomic E-state index is 10.9. The Bertz CT molecular complexity index is 470. The van der Waals surface area contributed by atoms with Crippen molar-refractivity contribution in [3.05, 3.63) is 37.0 Å². The second kappa shape index (κ2) is 6.92. The molecule has 1 rings (SSSR count). The second-order valence-electron chi connectivity index (χ2n) is 8.26. The van der Waals surface area contributed by atoms with Gasteiger partial charge in [-0.15, -0.1) is 6.58 Å². The fraction of sp³-hybridized carbons (Fsp3) is 0.700. The smallest absolute Gasteiger partial charge is 0.100 e. The summed E-state index contributed by atoms with van der Waals surface area (Å²) in [7, 11) is 0. The van der Waals surface area contributed by atoms with E-state index in [4.69, 9.17) is 0 Å². The van der Waals surface area contributed by atoms with Gasteiger partial charge in [0, 0.05) is 0 Å². The van der Waals surface area contributed by atoms with E-state index in [9.17, 15) is 15.3 Å². The maximum atomic E-state index is 10.9. The quantitative estimate of drug-likeness (QED) is 0.655. The summed E-state index contributed by atoms with van der Waals surface area (Å²) in [4.78, 5) is 0. The van der Waals surface area contributed by atoms with Crippen LogP contribution in [0.1, 0.15) is 53.9 Å². The minimum atomic E-state index is -1.22. The summed E-state index contributed by atoms with van der Waals surface area (Å²) in [5.41, 5.74) is -1.11. The molecule has 0 heterocycles. The number of hydrogen-bond donors (Lipinski definition) is 3. The highest BCUT2D eigenvalue weighted by atomic mass is 16.3. The number of aliphatic hydroxyl groups excluding tert-OH is 1. The molecule has 3 N–H and O–H groups in total. The van der Waals surface area contributed by atoms with Gasteiger partial charge >= 0.3 is 0 Å². The Labute approximate surface area is 141 Å². The van der Waals surface area contributed by atoms with Crippen molar-refractivity contribution in [1.82, 2.24) is 0 Å². The van der Waals surface area contributed by atoms with Crippen LogP contribution in [0, 0.1) is 17.3 Å². The largest absolute Gasteiger partial charge is 0.387 e. The van der Waals surface area contributed by atoms with E-state index in [1.807, 2.05) is 13.0 Å². The first-order chi connectivity index (χ1) is 10.3. The average molecular weight is 322 g/mol. The Morgan fingerprint density at radius 1 is 1.30 bits per heavy atom. The van der Waals surface area contributed by atoms with Crippen LogP contribution in [0.2, 0.25) is 0 Å². The van der Waals surface area contributed by atoms with Gasteiger partial charge in [0.25, 0.3) is 0 Å². The van der Waals surface area contributed by atoms with Crippen molar-refractivity contribution in [3.63, 3.8) is 0 Å². The third-order valence-corrected chi connectivity index (χ3v) is 5.58. The molecule has 1 saturated carbocycles. The van der Waals surface area contributed by atoms with Gasteiger partial charge in [-0.2, -0.15) is 0 Å². The Kier molecular flexibility index (Phi) is 6.06. The molecule has 0 spiro atoms. The topological polar surface area (TPSA) is 60.7 Å². The van der Waals surface area contributed by atoms with Crippen molar-refractivity contribution < 1.29 is 15.3 Å². The van der Waals surface area contributed by atoms with Crippen LogP contribution in [0.4, 0.5) is 0 Å². The molecule has 1 aliphatic carbocycles. The molecule has 0 aliphatic heterocycles. The van der Waals surface area contributed by atoms with Crippen molar-refractivity contribution in [2.45, 2.75) is 71.2 Å². The fourth-order valence-electron chi connectivity index (χ4n) is 3.53. The lowest BCUT2D eigenvalue weighted by atomic mass is 9.59. The fourth-order valence-corrected chi connectivity index (χ4v) is 3.53. The van der Waals surface area contributed by atoms with E-state index in [-0.39, 0.29) is 17.3 Å². The maximum Gasteiger partial charge on any atom is 0.100 e. The first kappa shape index (κ1) is 20.1. The standard InChI is InChI=1S/C20H34O3/c1-8-19(6)11-9-15(13-16(19)14(2)3)20(7,23)12-10-17(21)18(4,5)22/h8,10,12,15-17,21-23H,1-2,9,11,13H2,3-7H3/b12-10+/t15?,16?,17?,19-,20-/m0/s1. The van der Waals surface area contributed by atoms with E-state index in [2.05, 4.69) is 20.1 Å². The lowest BCUT2D eigenvalue weighted by Crippen LogP contribution is -2.42. The highest BCUT2D eigenvalue weighted by Gasteiger charge is 2.43. The summed E-state index contributed by atoms with van der Waals surface area (Å²) in [5, 5.41) is 30.6. The molecule has 0 aromatic heterocycles. The van der Waals surface area contributed by atoms with Crippen LogP contribution < -0.4 is 0 Å². The number of aliphatic hydroxyl groups is 3. The molecule has 3 heteroatoms. The highest BCUT2D eigenvalue weighted by molar-refractivity contribution is 5.15. The van der Waals surface area contributed by atoms with Crippen molar-refractivity contribution >= 4 is 0 Å². The summed E-state index contributed by atoms with van der Waals surface area (Å²) in [6.07, 6.45) is 6.83. The third kappa shape index (κ3) is 4.79. The molecule has 0 bridgehead atoms. The summed E-state index contributed by atoms with van der Waals surface area (Å²) < 4.78 is 0. The predicted molar refractivity (Wildman–Crippen MR) is 96.0 cm³/mol. The van der Waals surface area contributed by atoms with Crippen LogP contribution in [-0.2, 0) is 0 Å². The predicted octanol–water partition coefficient (Wildman–Crippen LogP) is 3.61. The van der Waals surface area contributed by atoms with Crippen molar-refractivity contribution in [2.75, 3.05) is 0 Å². The van der Waals surface area contributed by atoms with Crippen LogP contribution in [0.5, 0.6) is 0 Å². The molecule has 0 radical (unpaired) electrons. The Morgan fingerprint density at radius 2 is 1.87 bits per heavy atom. The SMILES string of the molecule is C=C[C@@]1(C)CCC([C@@](C)(O)/C=C/C(O)C(C)(C)O)CC1C(=C)C. The summed E-state index contributed by atoms with van der Waals surface area (Å²) >= 11 is 0. The van der Waals surface area contributed by atoms with Crippen LogP contribution in [0.3, 0.4) is 0 Å². The van der Waals surface area contributed by atoms with Gasteiger partial charge in [0.2, 0.25) is 0 Å². The van der Waals surface area contributed by atoms with E-state index in [0.29, 0.717) is 0 Å². The average Bonchev–Trinajstić information content (AvgIpc) is 2.43. The number of hydrogen-bond acceptors (Lipinski definition) is 3. The van der Waals surface area contributed by atoms with Gasteiger partial charge in [-0.1, -0.05) is 37.3 Å². The molecule has 5 atom stereocenters. The summed E-state index contributed by atoms with van der Waals surface area (Å²) in [5.74, 6) is 0.375.